The Morgan fingerprint density at radius 3 is 2.39 bits per heavy atom. The first kappa shape index (κ1) is 57.1. The number of hydroxylamine groups is 1. The van der Waals surface area contributed by atoms with Crippen molar-refractivity contribution in [3.8, 4) is 10.4 Å². The SMILES string of the molecule is Cc1ncsc1-c1ccc(C2(C)N=C(C3CC(O)CN3C(=O)C(NC(=O)CCCCCCCCCCNC(=O)C3=C(CS(C)(=O)=O)c4ccn(C)c(=O)c4C4=C5C3=CN(c3ncc(F)cc3F)C5CCN4)C(C)(C)C)NO2)cc1. The highest BCUT2D eigenvalue weighted by Gasteiger charge is 2.48. The average molecular weight is 1130 g/mol. The highest BCUT2D eigenvalue weighted by atomic mass is 32.2. The number of amidine groups is 1. The van der Waals surface area contributed by atoms with Crippen molar-refractivity contribution in [3.63, 3.8) is 0 Å². The number of likely N-dealkylation sites (tertiary alicyclic amines) is 1. The third kappa shape index (κ3) is 12.3. The van der Waals surface area contributed by atoms with Crippen molar-refractivity contribution < 1.29 is 41.5 Å². The Kier molecular flexibility index (Phi) is 16.8. The van der Waals surface area contributed by atoms with Gasteiger partial charge in [-0.15, -0.1) is 11.3 Å². The van der Waals surface area contributed by atoms with Gasteiger partial charge in [-0.2, -0.15) is 0 Å². The Morgan fingerprint density at radius 2 is 1.72 bits per heavy atom. The van der Waals surface area contributed by atoms with Gasteiger partial charge in [-0.25, -0.2) is 42.5 Å². The largest absolute Gasteiger partial charge is 0.391 e. The summed E-state index contributed by atoms with van der Waals surface area (Å²) in [5.74, 6) is -3.11. The lowest BCUT2D eigenvalue weighted by atomic mass is 9.85. The van der Waals surface area contributed by atoms with Crippen LogP contribution in [0.15, 0.2) is 87.0 Å². The van der Waals surface area contributed by atoms with E-state index in [0.29, 0.717) is 54.0 Å². The number of aliphatic hydroxyl groups is 1. The number of carbonyl (C=O) groups is 3. The van der Waals surface area contributed by atoms with Gasteiger partial charge in [0, 0.05) is 81.0 Å². The molecule has 3 amide bonds. The highest BCUT2D eigenvalue weighted by Crippen LogP contribution is 2.47. The normalized spacial score (nSPS) is 21.2. The minimum absolute atomic E-state index is 0.0606. The molecule has 1 saturated heterocycles. The van der Waals surface area contributed by atoms with Crippen molar-refractivity contribution in [3.05, 3.63) is 122 Å². The van der Waals surface area contributed by atoms with E-state index in [1.165, 1.54) is 15.7 Å². The summed E-state index contributed by atoms with van der Waals surface area (Å²) in [4.78, 5) is 79.9. The van der Waals surface area contributed by atoms with E-state index in [4.69, 9.17) is 9.83 Å². The van der Waals surface area contributed by atoms with Crippen LogP contribution in [0.2, 0.25) is 0 Å². The molecule has 9 rings (SSSR count). The Bertz CT molecular complexity index is 3330. The van der Waals surface area contributed by atoms with Gasteiger partial charge in [-0.3, -0.25) is 19.2 Å². The fourth-order valence-corrected chi connectivity index (χ4v) is 12.9. The Hall–Kier alpha value is -6.62. The van der Waals surface area contributed by atoms with Crippen molar-refractivity contribution in [1.82, 2.24) is 40.9 Å². The molecule has 4 aliphatic heterocycles. The number of benzene rings is 1. The van der Waals surface area contributed by atoms with Gasteiger partial charge in [0.05, 0.1) is 63.1 Å². The van der Waals surface area contributed by atoms with Crippen LogP contribution in [0.3, 0.4) is 0 Å². The van der Waals surface area contributed by atoms with Crippen LogP contribution in [-0.2, 0) is 41.8 Å². The maximum atomic E-state index is 15.4. The van der Waals surface area contributed by atoms with Crippen LogP contribution in [-0.4, -0.2) is 112 Å². The van der Waals surface area contributed by atoms with Crippen LogP contribution in [0.1, 0.15) is 121 Å². The van der Waals surface area contributed by atoms with Gasteiger partial charge in [-0.1, -0.05) is 83.6 Å². The third-order valence-corrected chi connectivity index (χ3v) is 17.1. The number of carbonyl (C=O) groups excluding carboxylic acids is 3. The van der Waals surface area contributed by atoms with E-state index in [2.05, 4.69) is 31.4 Å². The van der Waals surface area contributed by atoms with Gasteiger partial charge in [0.25, 0.3) is 11.5 Å². The number of nitrogens with one attached hydrogen (secondary N) is 4. The second-order valence-electron chi connectivity index (χ2n) is 22.5. The lowest BCUT2D eigenvalue weighted by molar-refractivity contribution is -0.139. The van der Waals surface area contributed by atoms with Crippen LogP contribution in [0.25, 0.3) is 21.7 Å². The number of hydrogen-bond donors (Lipinski definition) is 5. The number of rotatable bonds is 20. The van der Waals surface area contributed by atoms with E-state index < -0.39 is 74.1 Å². The zero-order valence-electron chi connectivity index (χ0n) is 45.8. The molecular formula is C57H70F2N10O8S2. The van der Waals surface area contributed by atoms with Crippen LogP contribution >= 0.6 is 11.3 Å². The first-order chi connectivity index (χ1) is 37.5. The molecule has 1 aliphatic carbocycles. The quantitative estimate of drug-likeness (QED) is 0.0581. The van der Waals surface area contributed by atoms with Crippen molar-refractivity contribution in [1.29, 1.82) is 0 Å². The number of thiazole rings is 1. The number of aliphatic imine (C=N–C) groups is 1. The maximum Gasteiger partial charge on any atom is 0.260 e. The summed E-state index contributed by atoms with van der Waals surface area (Å²) < 4.78 is 57.0. The summed E-state index contributed by atoms with van der Waals surface area (Å²) in [5, 5.41) is 20.2. The van der Waals surface area contributed by atoms with Crippen LogP contribution in [0.4, 0.5) is 14.6 Å². The lowest BCUT2D eigenvalue weighted by Gasteiger charge is -2.35. The Labute approximate surface area is 463 Å². The van der Waals surface area contributed by atoms with Gasteiger partial charge < -0.3 is 35.4 Å². The molecule has 0 spiro atoms. The Balaban J connectivity index is 0.759. The molecule has 22 heteroatoms. The van der Waals surface area contributed by atoms with E-state index in [9.17, 15) is 37.1 Å². The summed E-state index contributed by atoms with van der Waals surface area (Å²) in [6.45, 7) is 10.3. The fourth-order valence-electron chi connectivity index (χ4n) is 11.3. The van der Waals surface area contributed by atoms with E-state index in [1.54, 1.807) is 35.6 Å². The molecule has 0 bridgehead atoms. The number of sulfone groups is 1. The average Bonchev–Trinajstić information content (AvgIpc) is 4.40. The number of aliphatic hydroxyl groups excluding tert-OH is 1. The van der Waals surface area contributed by atoms with Gasteiger partial charge >= 0.3 is 0 Å². The maximum absolute atomic E-state index is 15.4. The molecule has 5 atom stereocenters. The van der Waals surface area contributed by atoms with Gasteiger partial charge in [0.1, 0.15) is 17.7 Å². The zero-order valence-corrected chi connectivity index (χ0v) is 47.4. The molecule has 5 N–H and O–H groups in total. The van der Waals surface area contributed by atoms with Gasteiger partial charge in [-0.05, 0) is 61.3 Å². The number of β-amino-alcohol motifs (C(OH)–C–C–N with tert-alkyl or cyclic N) is 1. The molecule has 1 aromatic carbocycles. The third-order valence-electron chi connectivity index (χ3n) is 15.3. The first-order valence-corrected chi connectivity index (χ1v) is 30.0. The number of pyridine rings is 2. The minimum atomic E-state index is -3.78. The molecule has 7 heterocycles. The molecule has 3 aromatic heterocycles. The predicted octanol–water partition coefficient (Wildman–Crippen LogP) is 6.71. The molecule has 5 aliphatic rings. The summed E-state index contributed by atoms with van der Waals surface area (Å²) >= 11 is 1.58. The van der Waals surface area contributed by atoms with Gasteiger partial charge in [0.2, 0.25) is 17.5 Å². The Morgan fingerprint density at radius 1 is 1.01 bits per heavy atom. The molecule has 5 unspecified atom stereocenters. The summed E-state index contributed by atoms with van der Waals surface area (Å²) in [5.41, 5.74) is 7.50. The smallest absolute Gasteiger partial charge is 0.260 e. The van der Waals surface area contributed by atoms with Crippen LogP contribution in [0, 0.1) is 24.0 Å². The molecular weight excluding hydrogens is 1050 g/mol. The summed E-state index contributed by atoms with van der Waals surface area (Å²) in [6.07, 6.45) is 11.8. The van der Waals surface area contributed by atoms with Crippen molar-refractivity contribution >= 4 is 61.8 Å². The standard InChI is InChI=1S/C57H70F2N10O8S2/c1-33-49(78-32-63-33)34-17-19-35(20-18-34)57(5)65-51(66-77-57)43-27-37(70)29-69(43)55(74)50(56(2,3)4)64-44(71)16-14-12-10-8-9-11-13-15-23-61-53(72)45-39-30-68(52-41(59)26-36(58)28-62-52)42-21-24-60-48(46(39)42)47-38(22-25-67(6)54(47)73)40(45)31-79(7,75)76/h17-20,22,25-26,28,30,32,37,42-43,50,60,70H,8-16,21,23-24,27,29,31H2,1-7H3,(H,61,72)(H,64,71)(H,65,66). The van der Waals surface area contributed by atoms with Crippen molar-refractivity contribution in [2.24, 2.45) is 17.5 Å². The topological polar surface area (TPSA) is 230 Å². The highest BCUT2D eigenvalue weighted by molar-refractivity contribution is 7.91. The minimum Gasteiger partial charge on any atom is -0.391 e. The number of unbranched alkanes of at least 4 members (excludes halogenated alkanes) is 7. The molecule has 4 aromatic rings. The predicted molar refractivity (Wildman–Crippen MR) is 300 cm³/mol. The molecule has 422 valence electrons. The lowest BCUT2D eigenvalue weighted by Crippen LogP contribution is -2.57. The van der Waals surface area contributed by atoms with Gasteiger partial charge in [0.15, 0.2) is 21.5 Å². The number of aromatic nitrogens is 3. The van der Waals surface area contributed by atoms with E-state index >= 15 is 4.39 Å². The number of aryl methyl sites for hydroxylation is 2. The monoisotopic (exact) mass is 1120 g/mol. The van der Waals surface area contributed by atoms with Crippen molar-refractivity contribution in [2.75, 3.05) is 36.5 Å². The number of anilines is 1. The van der Waals surface area contributed by atoms with E-state index in [0.717, 1.165) is 78.7 Å². The molecule has 0 saturated carbocycles. The first-order valence-electron chi connectivity index (χ1n) is 27.0. The number of halogens is 2. The summed E-state index contributed by atoms with van der Waals surface area (Å²) in [6, 6.07) is 8.28. The molecule has 79 heavy (non-hydrogen) atoms. The van der Waals surface area contributed by atoms with Crippen LogP contribution in [0.5, 0.6) is 0 Å². The molecule has 1 fully saturated rings. The van der Waals surface area contributed by atoms with E-state index in [1.807, 2.05) is 64.4 Å². The number of hydrogen-bond acceptors (Lipinski definition) is 15. The second kappa shape index (κ2) is 23.2. The number of fused-ring (bicyclic) bond motifs is 2. The zero-order chi connectivity index (χ0) is 56.6. The molecule has 0 radical (unpaired) electrons. The molecule has 18 nitrogen and oxygen atoms in total. The number of nitrogens with zero attached hydrogens (tertiary/aromatic N) is 6. The van der Waals surface area contributed by atoms with Crippen molar-refractivity contribution in [2.45, 2.75) is 135 Å². The fraction of sp³-hybridized carbons (Fsp3) is 0.491. The summed E-state index contributed by atoms with van der Waals surface area (Å²) in [7, 11) is -2.19. The van der Waals surface area contributed by atoms with Crippen LogP contribution < -0.4 is 31.9 Å². The van der Waals surface area contributed by atoms with E-state index in [-0.39, 0.29) is 60.3 Å². The second-order valence-corrected chi connectivity index (χ2v) is 25.5. The number of amides is 3.